The third kappa shape index (κ3) is 5.02. The Balaban J connectivity index is 1.25. The number of likely N-dealkylation sites (tertiary alicyclic amines) is 1. The molecule has 0 N–H and O–H groups in total. The van der Waals surface area contributed by atoms with E-state index >= 15 is 0 Å². The lowest BCUT2D eigenvalue weighted by Gasteiger charge is -2.47. The summed E-state index contributed by atoms with van der Waals surface area (Å²) in [7, 11) is 1.59. The number of amides is 1. The number of methoxy groups -OCH3 is 1. The Hall–Kier alpha value is -3.03. The first kappa shape index (κ1) is 23.7. The van der Waals surface area contributed by atoms with Crippen molar-refractivity contribution in [2.24, 2.45) is 5.41 Å². The predicted molar refractivity (Wildman–Crippen MR) is 134 cm³/mol. The molecule has 3 aromatic rings. The summed E-state index contributed by atoms with van der Waals surface area (Å²) < 4.78 is 23.0. The SMILES string of the molecule is COc1cc2c(Oc3ccc(C)c(Cl)c3)ccnc2cc1OCCC(=O)N1CCC2(CC1)COC2. The number of benzene rings is 2. The van der Waals surface area contributed by atoms with Gasteiger partial charge in [0.15, 0.2) is 11.5 Å². The number of carbonyl (C=O) groups excluding carboxylic acids is 1. The van der Waals surface area contributed by atoms with Gasteiger partial charge >= 0.3 is 0 Å². The first-order valence-electron chi connectivity index (χ1n) is 11.9. The standard InChI is InChI=1S/C27H29ClN2O5/c1-18-3-4-19(13-21(18)28)35-23-5-9-29-22-15-25(24(32-2)14-20(22)23)34-12-6-26(31)30-10-7-27(8-11-30)16-33-17-27/h3-5,9,13-15H,6-8,10-12,16-17H2,1-2H3. The van der Waals surface area contributed by atoms with Crippen LogP contribution in [0.5, 0.6) is 23.0 Å². The van der Waals surface area contributed by atoms with Crippen LogP contribution in [0.2, 0.25) is 5.02 Å². The minimum atomic E-state index is 0.116. The maximum atomic E-state index is 12.7. The minimum Gasteiger partial charge on any atom is -0.493 e. The first-order valence-corrected chi connectivity index (χ1v) is 12.2. The van der Waals surface area contributed by atoms with E-state index in [0.29, 0.717) is 45.4 Å². The van der Waals surface area contributed by atoms with E-state index in [1.165, 1.54) is 0 Å². The van der Waals surface area contributed by atoms with Gasteiger partial charge in [0.05, 0.1) is 38.9 Å². The average Bonchev–Trinajstić information content (AvgIpc) is 2.85. The zero-order valence-corrected chi connectivity index (χ0v) is 20.8. The summed E-state index contributed by atoms with van der Waals surface area (Å²) in [5.74, 6) is 2.48. The fourth-order valence-electron chi connectivity index (χ4n) is 4.57. The van der Waals surface area contributed by atoms with Crippen LogP contribution in [0.25, 0.3) is 10.9 Å². The van der Waals surface area contributed by atoms with Crippen molar-refractivity contribution in [2.45, 2.75) is 26.2 Å². The van der Waals surface area contributed by atoms with Gasteiger partial charge in [-0.2, -0.15) is 0 Å². The Kier molecular flexibility index (Phi) is 6.71. The molecule has 2 fully saturated rings. The van der Waals surface area contributed by atoms with Gasteiger partial charge < -0.3 is 23.8 Å². The van der Waals surface area contributed by atoms with Gasteiger partial charge in [0.2, 0.25) is 5.91 Å². The maximum Gasteiger partial charge on any atom is 0.225 e. The van der Waals surface area contributed by atoms with Gasteiger partial charge in [0.25, 0.3) is 0 Å². The minimum absolute atomic E-state index is 0.116. The normalized spacial score (nSPS) is 16.7. The van der Waals surface area contributed by atoms with Gasteiger partial charge in [-0.25, -0.2) is 0 Å². The van der Waals surface area contributed by atoms with E-state index in [1.54, 1.807) is 25.4 Å². The van der Waals surface area contributed by atoms with Crippen molar-refractivity contribution in [3.8, 4) is 23.0 Å². The smallest absolute Gasteiger partial charge is 0.225 e. The molecule has 0 aliphatic carbocycles. The first-order chi connectivity index (χ1) is 17.0. The van der Waals surface area contributed by atoms with Crippen LogP contribution < -0.4 is 14.2 Å². The molecule has 1 spiro atoms. The monoisotopic (exact) mass is 496 g/mol. The Morgan fingerprint density at radius 1 is 1.11 bits per heavy atom. The molecular formula is C27H29ClN2O5. The molecule has 184 valence electrons. The number of nitrogens with zero attached hydrogens (tertiary/aromatic N) is 2. The topological polar surface area (TPSA) is 70.1 Å². The third-order valence-corrected chi connectivity index (χ3v) is 7.33. The molecule has 35 heavy (non-hydrogen) atoms. The fourth-order valence-corrected chi connectivity index (χ4v) is 4.74. The summed E-state index contributed by atoms with van der Waals surface area (Å²) >= 11 is 6.25. The molecule has 0 atom stereocenters. The van der Waals surface area contributed by atoms with Gasteiger partial charge in [-0.15, -0.1) is 0 Å². The van der Waals surface area contributed by atoms with Gasteiger partial charge in [-0.1, -0.05) is 17.7 Å². The number of piperidine rings is 1. The predicted octanol–water partition coefficient (Wildman–Crippen LogP) is 5.41. The number of hydrogen-bond donors (Lipinski definition) is 0. The zero-order valence-electron chi connectivity index (χ0n) is 20.0. The summed E-state index contributed by atoms with van der Waals surface area (Å²) in [4.78, 5) is 19.1. The van der Waals surface area contributed by atoms with Crippen LogP contribution in [-0.2, 0) is 9.53 Å². The number of aromatic nitrogens is 1. The molecular weight excluding hydrogens is 468 g/mol. The van der Waals surface area contributed by atoms with E-state index < -0.39 is 0 Å². The molecule has 1 amide bonds. The summed E-state index contributed by atoms with van der Waals surface area (Å²) in [6.07, 6.45) is 4.03. The van der Waals surface area contributed by atoms with Crippen LogP contribution in [0.4, 0.5) is 0 Å². The number of halogens is 1. The van der Waals surface area contributed by atoms with Crippen molar-refractivity contribution in [2.75, 3.05) is 40.0 Å². The van der Waals surface area contributed by atoms with E-state index in [0.717, 1.165) is 50.1 Å². The Bertz CT molecular complexity index is 1230. The van der Waals surface area contributed by atoms with Crippen molar-refractivity contribution in [3.63, 3.8) is 0 Å². The molecule has 2 aliphatic heterocycles. The van der Waals surface area contributed by atoms with Crippen LogP contribution in [-0.4, -0.2) is 55.8 Å². The highest BCUT2D eigenvalue weighted by atomic mass is 35.5. The molecule has 0 bridgehead atoms. The maximum absolute atomic E-state index is 12.7. The van der Waals surface area contributed by atoms with Crippen LogP contribution in [0.3, 0.4) is 0 Å². The van der Waals surface area contributed by atoms with Gasteiger partial charge in [-0.05, 0) is 49.6 Å². The van der Waals surface area contributed by atoms with Gasteiger partial charge in [-0.3, -0.25) is 9.78 Å². The number of rotatable bonds is 7. The fraction of sp³-hybridized carbons (Fsp3) is 0.407. The highest BCUT2D eigenvalue weighted by molar-refractivity contribution is 6.31. The molecule has 5 rings (SSSR count). The van der Waals surface area contributed by atoms with E-state index in [4.69, 9.17) is 30.5 Å². The quantitative estimate of drug-likeness (QED) is 0.436. The van der Waals surface area contributed by atoms with E-state index in [1.807, 2.05) is 36.1 Å². The lowest BCUT2D eigenvalue weighted by molar-refractivity contribution is -0.153. The number of pyridine rings is 1. The zero-order chi connectivity index (χ0) is 24.4. The van der Waals surface area contributed by atoms with E-state index in [2.05, 4.69) is 4.98 Å². The molecule has 3 heterocycles. The molecule has 2 saturated heterocycles. The van der Waals surface area contributed by atoms with Crippen LogP contribution >= 0.6 is 11.6 Å². The molecule has 8 heteroatoms. The molecule has 2 aromatic carbocycles. The van der Waals surface area contributed by atoms with Crippen molar-refractivity contribution >= 4 is 28.4 Å². The number of ether oxygens (including phenoxy) is 4. The second-order valence-electron chi connectivity index (χ2n) is 9.31. The number of fused-ring (bicyclic) bond motifs is 1. The molecule has 0 unspecified atom stereocenters. The Labute approximate surface area is 209 Å². The van der Waals surface area contributed by atoms with Crippen LogP contribution in [0, 0.1) is 12.3 Å². The van der Waals surface area contributed by atoms with Crippen molar-refractivity contribution in [3.05, 3.63) is 53.2 Å². The lowest BCUT2D eigenvalue weighted by Crippen LogP contribution is -2.52. The third-order valence-electron chi connectivity index (χ3n) is 6.92. The second kappa shape index (κ2) is 9.91. The van der Waals surface area contributed by atoms with Gasteiger partial charge in [0, 0.05) is 41.2 Å². The molecule has 0 radical (unpaired) electrons. The molecule has 7 nitrogen and oxygen atoms in total. The van der Waals surface area contributed by atoms with Crippen molar-refractivity contribution in [1.82, 2.24) is 9.88 Å². The number of aryl methyl sites for hydroxylation is 1. The molecule has 1 aromatic heterocycles. The lowest BCUT2D eigenvalue weighted by atomic mass is 9.77. The largest absolute Gasteiger partial charge is 0.493 e. The van der Waals surface area contributed by atoms with Crippen molar-refractivity contribution < 1.29 is 23.7 Å². The van der Waals surface area contributed by atoms with Crippen molar-refractivity contribution in [1.29, 1.82) is 0 Å². The summed E-state index contributed by atoms with van der Waals surface area (Å²) in [6, 6.07) is 11.0. The highest BCUT2D eigenvalue weighted by Gasteiger charge is 2.41. The Morgan fingerprint density at radius 2 is 1.91 bits per heavy atom. The Morgan fingerprint density at radius 3 is 2.60 bits per heavy atom. The second-order valence-corrected chi connectivity index (χ2v) is 9.72. The van der Waals surface area contributed by atoms with Gasteiger partial charge in [0.1, 0.15) is 11.5 Å². The van der Waals surface area contributed by atoms with Crippen LogP contribution in [0.1, 0.15) is 24.8 Å². The van der Waals surface area contributed by atoms with Crippen LogP contribution in [0.15, 0.2) is 42.6 Å². The average molecular weight is 497 g/mol. The number of carbonyl (C=O) groups is 1. The summed E-state index contributed by atoms with van der Waals surface area (Å²) in [5.41, 5.74) is 2.00. The summed E-state index contributed by atoms with van der Waals surface area (Å²) in [6.45, 7) is 5.46. The summed E-state index contributed by atoms with van der Waals surface area (Å²) in [5, 5.41) is 1.43. The van der Waals surface area contributed by atoms with E-state index in [-0.39, 0.29) is 12.5 Å². The highest BCUT2D eigenvalue weighted by Crippen LogP contribution is 2.39. The van der Waals surface area contributed by atoms with E-state index in [9.17, 15) is 4.79 Å². The molecule has 2 aliphatic rings. The number of hydrogen-bond acceptors (Lipinski definition) is 6. The molecule has 0 saturated carbocycles.